The van der Waals surface area contributed by atoms with E-state index in [1.165, 1.54) is 0 Å². The molecule has 0 aliphatic rings. The summed E-state index contributed by atoms with van der Waals surface area (Å²) in [6.07, 6.45) is 0. The first-order valence-corrected chi connectivity index (χ1v) is 2.27. The van der Waals surface area contributed by atoms with Gasteiger partial charge >= 0.3 is 11.9 Å². The van der Waals surface area contributed by atoms with Gasteiger partial charge in [0.1, 0.15) is 0 Å². The fourth-order valence-electron chi connectivity index (χ4n) is 0.202. The number of hydrogen-bond donors (Lipinski definition) is 0. The number of rotatable bonds is 1. The van der Waals surface area contributed by atoms with Gasteiger partial charge in [0.05, 0.1) is 0 Å². The van der Waals surface area contributed by atoms with Gasteiger partial charge < -0.3 is 4.74 Å². The molecule has 0 aromatic rings. The molecule has 0 bridgehead atoms. The van der Waals surface area contributed by atoms with Gasteiger partial charge in [-0.05, 0) is 0 Å². The number of ether oxygens (including phenoxy) is 1. The molecule has 0 aliphatic heterocycles. The molecule has 0 unspecified atom stereocenters. The SMILES string of the molecule is CC(=O)OC(=O)C(C)=O.[Zr]. The largest absolute Gasteiger partial charge is 0.387 e. The van der Waals surface area contributed by atoms with Gasteiger partial charge in [-0.1, -0.05) is 0 Å². The Morgan fingerprint density at radius 2 is 1.50 bits per heavy atom. The maximum atomic E-state index is 10.2. The summed E-state index contributed by atoms with van der Waals surface area (Å²) in [5.41, 5.74) is 0. The second-order valence-electron chi connectivity index (χ2n) is 1.44. The van der Waals surface area contributed by atoms with Crippen LogP contribution < -0.4 is 0 Å². The molecule has 0 aromatic heterocycles. The number of ketones is 1. The molecule has 10 heavy (non-hydrogen) atoms. The van der Waals surface area contributed by atoms with Crippen molar-refractivity contribution in [1.29, 1.82) is 0 Å². The Labute approximate surface area is 77.0 Å². The molecule has 54 valence electrons. The van der Waals surface area contributed by atoms with E-state index >= 15 is 0 Å². The van der Waals surface area contributed by atoms with Crippen molar-refractivity contribution in [2.75, 3.05) is 0 Å². The molecule has 4 nitrogen and oxygen atoms in total. The van der Waals surface area contributed by atoms with Crippen LogP contribution in [0.2, 0.25) is 0 Å². The van der Waals surface area contributed by atoms with Gasteiger partial charge in [0, 0.05) is 40.1 Å². The summed E-state index contributed by atoms with van der Waals surface area (Å²) in [5.74, 6) is -2.65. The number of hydrogen-bond acceptors (Lipinski definition) is 4. The molecule has 0 N–H and O–H groups in total. The molecule has 0 saturated heterocycles. The molecule has 0 saturated carbocycles. The standard InChI is InChI=1S/C5H6O4.Zr/c1-3(6)5(8)9-4(2)7;/h1-2H3;. The first-order chi connectivity index (χ1) is 4.04. The smallest absolute Gasteiger partial charge is 0.381 e. The topological polar surface area (TPSA) is 60.4 Å². The van der Waals surface area contributed by atoms with Crippen molar-refractivity contribution >= 4 is 17.7 Å². The number of carbonyl (C=O) groups excluding carboxylic acids is 3. The Hall–Kier alpha value is -0.307. The summed E-state index contributed by atoms with van der Waals surface area (Å²) < 4.78 is 3.88. The number of carbonyl (C=O) groups is 3. The molecule has 0 spiro atoms. The van der Waals surface area contributed by atoms with Crippen molar-refractivity contribution in [3.8, 4) is 0 Å². The third kappa shape index (κ3) is 5.82. The normalized spacial score (nSPS) is 7.40. The first kappa shape index (κ1) is 12.4. The van der Waals surface area contributed by atoms with Crippen molar-refractivity contribution in [3.05, 3.63) is 0 Å². The van der Waals surface area contributed by atoms with E-state index in [1.54, 1.807) is 0 Å². The Bertz CT molecular complexity index is 163. The summed E-state index contributed by atoms with van der Waals surface area (Å²) in [4.78, 5) is 30.2. The van der Waals surface area contributed by atoms with Crippen molar-refractivity contribution in [2.45, 2.75) is 13.8 Å². The molecule has 5 heteroatoms. The van der Waals surface area contributed by atoms with Crippen LogP contribution in [0.4, 0.5) is 0 Å². The first-order valence-electron chi connectivity index (χ1n) is 2.27. The van der Waals surface area contributed by atoms with Crippen LogP contribution in [-0.4, -0.2) is 17.7 Å². The van der Waals surface area contributed by atoms with E-state index in [4.69, 9.17) is 0 Å². The summed E-state index contributed by atoms with van der Waals surface area (Å²) >= 11 is 0. The van der Waals surface area contributed by atoms with Crippen LogP contribution in [0, 0.1) is 0 Å². The molecular formula is C5H6O4Zr. The van der Waals surface area contributed by atoms with Gasteiger partial charge in [0.25, 0.3) is 0 Å². The molecule has 0 aliphatic carbocycles. The van der Waals surface area contributed by atoms with E-state index in [0.29, 0.717) is 0 Å². The summed E-state index contributed by atoms with van der Waals surface area (Å²) in [6, 6.07) is 0. The van der Waals surface area contributed by atoms with E-state index in [0.717, 1.165) is 13.8 Å². The fraction of sp³-hybridized carbons (Fsp3) is 0.400. The van der Waals surface area contributed by atoms with Gasteiger partial charge in [0.2, 0.25) is 5.78 Å². The summed E-state index contributed by atoms with van der Waals surface area (Å²) in [6.45, 7) is 2.09. The fourth-order valence-corrected chi connectivity index (χ4v) is 0.202. The van der Waals surface area contributed by atoms with Crippen LogP contribution in [0.5, 0.6) is 0 Å². The Morgan fingerprint density at radius 1 is 1.10 bits per heavy atom. The molecule has 0 amide bonds. The van der Waals surface area contributed by atoms with E-state index in [-0.39, 0.29) is 26.2 Å². The molecule has 0 aromatic carbocycles. The average Bonchev–Trinajstić information content (AvgIpc) is 1.63. The van der Waals surface area contributed by atoms with Crippen LogP contribution in [0.3, 0.4) is 0 Å². The maximum Gasteiger partial charge on any atom is 0.381 e. The minimum atomic E-state index is -1.11. The molecule has 0 atom stereocenters. The van der Waals surface area contributed by atoms with Gasteiger partial charge in [0.15, 0.2) is 0 Å². The third-order valence-electron chi connectivity index (χ3n) is 0.524. The van der Waals surface area contributed by atoms with Crippen molar-refractivity contribution in [2.24, 2.45) is 0 Å². The minimum absolute atomic E-state index is 0. The zero-order chi connectivity index (χ0) is 7.44. The molecule has 0 fully saturated rings. The monoisotopic (exact) mass is 220 g/mol. The average molecular weight is 221 g/mol. The second-order valence-corrected chi connectivity index (χ2v) is 1.44. The summed E-state index contributed by atoms with van der Waals surface area (Å²) in [7, 11) is 0. The van der Waals surface area contributed by atoms with Gasteiger partial charge in [-0.2, -0.15) is 0 Å². The molecule has 0 rings (SSSR count). The Balaban J connectivity index is 0. The number of Topliss-reactive ketones (excluding diaryl/α,β-unsaturated/α-hetero) is 1. The number of esters is 2. The van der Waals surface area contributed by atoms with Gasteiger partial charge in [-0.3, -0.25) is 9.59 Å². The Kier molecular flexibility index (Phi) is 6.78. The van der Waals surface area contributed by atoms with E-state index in [2.05, 4.69) is 4.74 Å². The van der Waals surface area contributed by atoms with Crippen LogP contribution in [0.1, 0.15) is 13.8 Å². The predicted molar refractivity (Wildman–Crippen MR) is 27.5 cm³/mol. The van der Waals surface area contributed by atoms with E-state index in [9.17, 15) is 14.4 Å². The molecule has 0 heterocycles. The molecule has 0 radical (unpaired) electrons. The zero-order valence-corrected chi connectivity index (χ0v) is 8.09. The minimum Gasteiger partial charge on any atom is -0.387 e. The van der Waals surface area contributed by atoms with Crippen LogP contribution in [-0.2, 0) is 45.3 Å². The van der Waals surface area contributed by atoms with E-state index in [1.807, 2.05) is 0 Å². The van der Waals surface area contributed by atoms with Crippen LogP contribution in [0.25, 0.3) is 0 Å². The molecular weight excluding hydrogens is 215 g/mol. The Morgan fingerprint density at radius 3 is 1.60 bits per heavy atom. The zero-order valence-electron chi connectivity index (χ0n) is 5.63. The van der Waals surface area contributed by atoms with Crippen molar-refractivity contribution in [1.82, 2.24) is 0 Å². The third-order valence-corrected chi connectivity index (χ3v) is 0.524. The van der Waals surface area contributed by atoms with Gasteiger partial charge in [-0.15, -0.1) is 0 Å². The maximum absolute atomic E-state index is 10.2. The van der Waals surface area contributed by atoms with Crippen molar-refractivity contribution in [3.63, 3.8) is 0 Å². The van der Waals surface area contributed by atoms with E-state index < -0.39 is 17.7 Å². The summed E-state index contributed by atoms with van der Waals surface area (Å²) in [5, 5.41) is 0. The predicted octanol–water partition coefficient (Wildman–Crippen LogP) is -0.337. The van der Waals surface area contributed by atoms with Gasteiger partial charge in [-0.25, -0.2) is 4.79 Å². The van der Waals surface area contributed by atoms with Crippen LogP contribution in [0.15, 0.2) is 0 Å². The van der Waals surface area contributed by atoms with Crippen molar-refractivity contribution < 1.29 is 45.3 Å². The second kappa shape index (κ2) is 5.48. The quantitative estimate of drug-likeness (QED) is 0.345. The van der Waals surface area contributed by atoms with Crippen LogP contribution >= 0.6 is 0 Å².